The van der Waals surface area contributed by atoms with Crippen LogP contribution in [0, 0.1) is 0 Å². The van der Waals surface area contributed by atoms with Crippen molar-refractivity contribution in [1.82, 2.24) is 10.3 Å². The minimum Gasteiger partial charge on any atom is -0.469 e. The van der Waals surface area contributed by atoms with Crippen LogP contribution < -0.4 is 5.32 Å². The Hall–Kier alpha value is -2.10. The molecule has 0 aliphatic carbocycles. The van der Waals surface area contributed by atoms with E-state index in [1.807, 2.05) is 38.1 Å². The first-order valence-corrected chi connectivity index (χ1v) is 6.27. The molecular formula is C15H18N2O2. The zero-order chi connectivity index (χ0) is 13.7. The van der Waals surface area contributed by atoms with E-state index < -0.39 is 0 Å². The van der Waals surface area contributed by atoms with Crippen molar-refractivity contribution in [2.24, 2.45) is 0 Å². The van der Waals surface area contributed by atoms with Crippen LogP contribution >= 0.6 is 0 Å². The lowest BCUT2D eigenvalue weighted by molar-refractivity contribution is -0.120. The molecule has 0 saturated heterocycles. The summed E-state index contributed by atoms with van der Waals surface area (Å²) in [6.45, 7) is 4.63. The summed E-state index contributed by atoms with van der Waals surface area (Å²) in [6.07, 6.45) is 5.40. The van der Waals surface area contributed by atoms with Crippen molar-refractivity contribution in [3.63, 3.8) is 0 Å². The molecule has 0 bridgehead atoms. The second-order valence-electron chi connectivity index (χ2n) is 5.17. The number of nitrogens with one attached hydrogen (secondary N) is 1. The monoisotopic (exact) mass is 258 g/mol. The fourth-order valence-corrected chi connectivity index (χ4v) is 1.82. The smallest absolute Gasteiger partial charge is 0.224 e. The number of hydrogen-bond donors (Lipinski definition) is 1. The number of rotatable bonds is 5. The zero-order valence-corrected chi connectivity index (χ0v) is 11.2. The first-order chi connectivity index (χ1) is 9.08. The number of carbonyl (C=O) groups excluding carboxylic acids is 1. The summed E-state index contributed by atoms with van der Waals surface area (Å²) in [5, 5.41) is 2.94. The molecule has 4 nitrogen and oxygen atoms in total. The summed E-state index contributed by atoms with van der Waals surface area (Å²) >= 11 is 0. The Morgan fingerprint density at radius 2 is 2.05 bits per heavy atom. The van der Waals surface area contributed by atoms with Gasteiger partial charge < -0.3 is 9.73 Å². The summed E-state index contributed by atoms with van der Waals surface area (Å²) in [6, 6.07) is 7.47. The molecule has 100 valence electrons. The molecule has 0 spiro atoms. The molecule has 0 aromatic carbocycles. The second-order valence-corrected chi connectivity index (χ2v) is 5.17. The quantitative estimate of drug-likeness (QED) is 0.895. The van der Waals surface area contributed by atoms with Crippen LogP contribution in [-0.4, -0.2) is 17.4 Å². The van der Waals surface area contributed by atoms with Gasteiger partial charge in [0.25, 0.3) is 0 Å². The van der Waals surface area contributed by atoms with Crippen molar-refractivity contribution in [3.05, 3.63) is 54.2 Å². The number of furan rings is 1. The molecule has 2 aromatic rings. The van der Waals surface area contributed by atoms with Gasteiger partial charge >= 0.3 is 0 Å². The highest BCUT2D eigenvalue weighted by molar-refractivity contribution is 5.78. The van der Waals surface area contributed by atoms with Gasteiger partial charge in [0.2, 0.25) is 5.91 Å². The van der Waals surface area contributed by atoms with E-state index in [1.54, 1.807) is 18.7 Å². The number of aromatic nitrogens is 1. The van der Waals surface area contributed by atoms with E-state index in [2.05, 4.69) is 10.3 Å². The number of nitrogens with zero attached hydrogens (tertiary/aromatic N) is 1. The summed E-state index contributed by atoms with van der Waals surface area (Å²) < 4.78 is 5.39. The van der Waals surface area contributed by atoms with Gasteiger partial charge in [0.15, 0.2) is 0 Å². The number of hydrogen-bond acceptors (Lipinski definition) is 3. The van der Waals surface area contributed by atoms with Gasteiger partial charge in [0, 0.05) is 24.4 Å². The van der Waals surface area contributed by atoms with E-state index in [-0.39, 0.29) is 11.3 Å². The van der Waals surface area contributed by atoms with Crippen LogP contribution in [0.3, 0.4) is 0 Å². The van der Waals surface area contributed by atoms with E-state index >= 15 is 0 Å². The molecule has 0 atom stereocenters. The van der Waals surface area contributed by atoms with Crippen LogP contribution in [0.25, 0.3) is 0 Å². The summed E-state index contributed by atoms with van der Waals surface area (Å²) in [4.78, 5) is 15.8. The molecule has 2 aromatic heterocycles. The minimum atomic E-state index is -0.211. The maximum atomic E-state index is 11.9. The van der Waals surface area contributed by atoms with E-state index in [9.17, 15) is 4.79 Å². The predicted octanol–water partition coefficient (Wildman–Crippen LogP) is 2.31. The van der Waals surface area contributed by atoms with E-state index in [0.717, 1.165) is 11.3 Å². The highest BCUT2D eigenvalue weighted by Crippen LogP contribution is 2.22. The van der Waals surface area contributed by atoms with E-state index in [1.165, 1.54) is 0 Å². The highest BCUT2D eigenvalue weighted by Gasteiger charge is 2.24. The number of carbonyl (C=O) groups is 1. The normalized spacial score (nSPS) is 11.3. The lowest BCUT2D eigenvalue weighted by Gasteiger charge is -2.22. The van der Waals surface area contributed by atoms with Gasteiger partial charge in [-0.3, -0.25) is 9.78 Å². The van der Waals surface area contributed by atoms with Crippen molar-refractivity contribution in [2.45, 2.75) is 25.7 Å². The van der Waals surface area contributed by atoms with Gasteiger partial charge in [0.1, 0.15) is 5.76 Å². The van der Waals surface area contributed by atoms with Gasteiger partial charge in [-0.2, -0.15) is 0 Å². The third-order valence-corrected chi connectivity index (χ3v) is 3.03. The molecule has 1 amide bonds. The lowest BCUT2D eigenvalue weighted by Crippen LogP contribution is -2.37. The van der Waals surface area contributed by atoms with Crippen LogP contribution in [0.2, 0.25) is 0 Å². The Kier molecular flexibility index (Phi) is 4.00. The third-order valence-electron chi connectivity index (χ3n) is 3.03. The fourth-order valence-electron chi connectivity index (χ4n) is 1.82. The van der Waals surface area contributed by atoms with Gasteiger partial charge in [-0.15, -0.1) is 0 Å². The molecule has 1 N–H and O–H groups in total. The molecule has 0 aliphatic rings. The molecule has 0 aliphatic heterocycles. The summed E-state index contributed by atoms with van der Waals surface area (Å²) in [5.74, 6) is 0.877. The molecule has 0 saturated carbocycles. The van der Waals surface area contributed by atoms with Gasteiger partial charge in [-0.1, -0.05) is 13.8 Å². The standard InChI is InChI=1S/C15H18N2O2/c1-15(2,13-4-3-9-19-13)11-17-14(18)10-12-5-7-16-8-6-12/h3-9H,10-11H2,1-2H3,(H,17,18). The minimum absolute atomic E-state index is 0.00540. The van der Waals surface area contributed by atoms with Crippen LogP contribution in [0.4, 0.5) is 0 Å². The molecule has 4 heteroatoms. The Labute approximate surface area is 112 Å². The van der Waals surface area contributed by atoms with Gasteiger partial charge in [-0.05, 0) is 29.8 Å². The maximum absolute atomic E-state index is 11.9. The molecule has 2 heterocycles. The molecule has 0 fully saturated rings. The SMILES string of the molecule is CC(C)(CNC(=O)Cc1ccncc1)c1ccco1. The van der Waals surface area contributed by atoms with Crippen molar-refractivity contribution in [3.8, 4) is 0 Å². The lowest BCUT2D eigenvalue weighted by atomic mass is 9.90. The van der Waals surface area contributed by atoms with Crippen molar-refractivity contribution < 1.29 is 9.21 Å². The van der Waals surface area contributed by atoms with Crippen LogP contribution in [0.1, 0.15) is 25.2 Å². The molecule has 2 rings (SSSR count). The van der Waals surface area contributed by atoms with E-state index in [4.69, 9.17) is 4.42 Å². The van der Waals surface area contributed by atoms with Crippen LogP contribution in [0.15, 0.2) is 47.3 Å². The molecular weight excluding hydrogens is 240 g/mol. The summed E-state index contributed by atoms with van der Waals surface area (Å²) in [5.41, 5.74) is 0.750. The first-order valence-electron chi connectivity index (χ1n) is 6.27. The highest BCUT2D eigenvalue weighted by atomic mass is 16.3. The van der Waals surface area contributed by atoms with Crippen molar-refractivity contribution >= 4 is 5.91 Å². The second kappa shape index (κ2) is 5.69. The van der Waals surface area contributed by atoms with Crippen molar-refractivity contribution in [2.75, 3.05) is 6.54 Å². The van der Waals surface area contributed by atoms with Crippen LogP contribution in [-0.2, 0) is 16.6 Å². The zero-order valence-electron chi connectivity index (χ0n) is 11.2. The van der Waals surface area contributed by atoms with Gasteiger partial charge in [0.05, 0.1) is 12.7 Å². The Balaban J connectivity index is 1.87. The molecule has 19 heavy (non-hydrogen) atoms. The Morgan fingerprint density at radius 3 is 2.68 bits per heavy atom. The Bertz CT molecular complexity index is 518. The van der Waals surface area contributed by atoms with Crippen molar-refractivity contribution in [1.29, 1.82) is 0 Å². The third kappa shape index (κ3) is 3.68. The maximum Gasteiger partial charge on any atom is 0.224 e. The molecule has 0 radical (unpaired) electrons. The number of pyridine rings is 1. The average molecular weight is 258 g/mol. The topological polar surface area (TPSA) is 55.1 Å². The first kappa shape index (κ1) is 13.3. The predicted molar refractivity (Wildman–Crippen MR) is 72.7 cm³/mol. The van der Waals surface area contributed by atoms with Crippen LogP contribution in [0.5, 0.6) is 0 Å². The number of amides is 1. The average Bonchev–Trinajstić information content (AvgIpc) is 2.92. The van der Waals surface area contributed by atoms with Gasteiger partial charge in [-0.25, -0.2) is 0 Å². The molecule has 0 unspecified atom stereocenters. The Morgan fingerprint density at radius 1 is 1.32 bits per heavy atom. The fraction of sp³-hybridized carbons (Fsp3) is 0.333. The largest absolute Gasteiger partial charge is 0.469 e. The summed E-state index contributed by atoms with van der Waals surface area (Å²) in [7, 11) is 0. The van der Waals surface area contributed by atoms with E-state index in [0.29, 0.717) is 13.0 Å².